The highest BCUT2D eigenvalue weighted by atomic mass is 32.2. The first-order valence-electron chi connectivity index (χ1n) is 5.78. The van der Waals surface area contributed by atoms with Gasteiger partial charge in [0, 0.05) is 5.41 Å². The molecule has 0 atom stereocenters. The SMILES string of the molecule is C\C=C/C(/C=C/S(=O)(=O)c1ccc(C)cc1)=C\C. The Kier molecular flexibility index (Phi) is 5.10. The standard InChI is InChI=1S/C15H18O2S/c1-4-6-14(5-2)11-12-18(16,17)15-9-7-13(3)8-10-15/h4-12H,1-3H3/b6-4-,12-11+,14-5+. The molecule has 3 heteroatoms. The number of allylic oxidation sites excluding steroid dienone is 5. The first-order valence-corrected chi connectivity index (χ1v) is 7.33. The molecule has 0 saturated carbocycles. The lowest BCUT2D eigenvalue weighted by Gasteiger charge is -2.00. The Hall–Kier alpha value is -1.61. The van der Waals surface area contributed by atoms with Gasteiger partial charge < -0.3 is 0 Å². The number of benzene rings is 1. The van der Waals surface area contributed by atoms with Crippen LogP contribution in [-0.4, -0.2) is 8.42 Å². The summed E-state index contributed by atoms with van der Waals surface area (Å²) >= 11 is 0. The minimum absolute atomic E-state index is 0.320. The molecule has 96 valence electrons. The average molecular weight is 262 g/mol. The first kappa shape index (κ1) is 14.5. The van der Waals surface area contributed by atoms with Crippen LogP contribution in [0.3, 0.4) is 0 Å². The molecular weight excluding hydrogens is 244 g/mol. The van der Waals surface area contributed by atoms with Gasteiger partial charge in [-0.3, -0.25) is 0 Å². The second kappa shape index (κ2) is 6.36. The Labute approximate surface area is 109 Å². The molecule has 0 aliphatic heterocycles. The lowest BCUT2D eigenvalue weighted by molar-refractivity contribution is 0.604. The molecule has 1 aromatic rings. The molecule has 0 aromatic heterocycles. The summed E-state index contributed by atoms with van der Waals surface area (Å²) in [6.07, 6.45) is 7.20. The molecule has 1 aromatic carbocycles. The van der Waals surface area contributed by atoms with Crippen molar-refractivity contribution in [3.63, 3.8) is 0 Å². The van der Waals surface area contributed by atoms with Crippen molar-refractivity contribution in [2.75, 3.05) is 0 Å². The van der Waals surface area contributed by atoms with E-state index < -0.39 is 9.84 Å². The highest BCUT2D eigenvalue weighted by Crippen LogP contribution is 2.14. The minimum Gasteiger partial charge on any atom is -0.219 e. The zero-order valence-electron chi connectivity index (χ0n) is 10.9. The van der Waals surface area contributed by atoms with Gasteiger partial charge in [0.25, 0.3) is 0 Å². The third kappa shape index (κ3) is 4.00. The summed E-state index contributed by atoms with van der Waals surface area (Å²) in [7, 11) is -3.36. The monoisotopic (exact) mass is 262 g/mol. The topological polar surface area (TPSA) is 34.1 Å². The summed E-state index contributed by atoms with van der Waals surface area (Å²) in [4.78, 5) is 0.320. The lowest BCUT2D eigenvalue weighted by Crippen LogP contribution is -1.96. The summed E-state index contributed by atoms with van der Waals surface area (Å²) in [5.41, 5.74) is 1.91. The summed E-state index contributed by atoms with van der Waals surface area (Å²) in [5.74, 6) is 0. The first-order chi connectivity index (χ1) is 8.49. The summed E-state index contributed by atoms with van der Waals surface area (Å²) in [6, 6.07) is 6.84. The van der Waals surface area contributed by atoms with E-state index in [9.17, 15) is 8.42 Å². The van der Waals surface area contributed by atoms with Crippen molar-refractivity contribution in [2.24, 2.45) is 0 Å². The van der Waals surface area contributed by atoms with E-state index in [-0.39, 0.29) is 0 Å². The fourth-order valence-electron chi connectivity index (χ4n) is 1.42. The second-order valence-electron chi connectivity index (χ2n) is 3.95. The lowest BCUT2D eigenvalue weighted by atomic mass is 10.2. The average Bonchev–Trinajstić information content (AvgIpc) is 2.35. The highest BCUT2D eigenvalue weighted by molar-refractivity contribution is 7.94. The quantitative estimate of drug-likeness (QED) is 0.773. The van der Waals surface area contributed by atoms with Gasteiger partial charge in [-0.05, 0) is 44.6 Å². The third-order valence-corrected chi connectivity index (χ3v) is 3.91. The molecule has 0 heterocycles. The molecule has 0 N–H and O–H groups in total. The zero-order chi connectivity index (χ0) is 13.6. The molecule has 0 saturated heterocycles. The van der Waals surface area contributed by atoms with E-state index >= 15 is 0 Å². The van der Waals surface area contributed by atoms with Crippen LogP contribution in [0.1, 0.15) is 19.4 Å². The van der Waals surface area contributed by atoms with Crippen LogP contribution in [0.15, 0.2) is 64.4 Å². The molecule has 0 unspecified atom stereocenters. The van der Waals surface area contributed by atoms with Crippen molar-refractivity contribution in [1.29, 1.82) is 0 Å². The van der Waals surface area contributed by atoms with E-state index in [4.69, 9.17) is 0 Å². The van der Waals surface area contributed by atoms with Gasteiger partial charge in [0.2, 0.25) is 0 Å². The van der Waals surface area contributed by atoms with Crippen molar-refractivity contribution in [3.05, 3.63) is 65.1 Å². The van der Waals surface area contributed by atoms with Gasteiger partial charge in [-0.25, -0.2) is 8.42 Å². The van der Waals surface area contributed by atoms with Crippen LogP contribution in [0.25, 0.3) is 0 Å². The Morgan fingerprint density at radius 3 is 2.17 bits per heavy atom. The Morgan fingerprint density at radius 2 is 1.67 bits per heavy atom. The van der Waals surface area contributed by atoms with Gasteiger partial charge >= 0.3 is 0 Å². The third-order valence-electron chi connectivity index (χ3n) is 2.48. The molecule has 0 fully saturated rings. The molecule has 0 aliphatic carbocycles. The van der Waals surface area contributed by atoms with Gasteiger partial charge in [-0.15, -0.1) is 0 Å². The summed E-state index contributed by atoms with van der Waals surface area (Å²) in [6.45, 7) is 5.69. The minimum atomic E-state index is -3.36. The molecule has 0 radical (unpaired) electrons. The van der Waals surface area contributed by atoms with E-state index in [2.05, 4.69) is 0 Å². The van der Waals surface area contributed by atoms with Crippen LogP contribution in [-0.2, 0) is 9.84 Å². The van der Waals surface area contributed by atoms with Gasteiger partial charge in [0.1, 0.15) is 0 Å². The molecule has 0 spiro atoms. The Morgan fingerprint density at radius 1 is 1.06 bits per heavy atom. The van der Waals surface area contributed by atoms with Crippen molar-refractivity contribution in [1.82, 2.24) is 0 Å². The number of hydrogen-bond donors (Lipinski definition) is 0. The zero-order valence-corrected chi connectivity index (χ0v) is 11.7. The number of aryl methyl sites for hydroxylation is 1. The Bertz CT molecular complexity index is 573. The van der Waals surface area contributed by atoms with E-state index in [0.717, 1.165) is 11.1 Å². The van der Waals surface area contributed by atoms with Crippen LogP contribution < -0.4 is 0 Å². The van der Waals surface area contributed by atoms with Gasteiger partial charge in [0.05, 0.1) is 4.90 Å². The predicted octanol–water partition coefficient (Wildman–Crippen LogP) is 3.80. The number of sulfone groups is 1. The molecule has 0 amide bonds. The maximum atomic E-state index is 12.0. The van der Waals surface area contributed by atoms with Crippen molar-refractivity contribution in [3.8, 4) is 0 Å². The molecular formula is C15H18O2S. The normalized spacial score (nSPS) is 13.6. The van der Waals surface area contributed by atoms with E-state index in [0.29, 0.717) is 4.90 Å². The fourth-order valence-corrected chi connectivity index (χ4v) is 2.42. The smallest absolute Gasteiger partial charge is 0.199 e. The predicted molar refractivity (Wildman–Crippen MR) is 76.1 cm³/mol. The van der Waals surface area contributed by atoms with Crippen molar-refractivity contribution in [2.45, 2.75) is 25.7 Å². The van der Waals surface area contributed by atoms with E-state index in [1.807, 2.05) is 39.0 Å². The van der Waals surface area contributed by atoms with Crippen LogP contribution in [0, 0.1) is 6.92 Å². The largest absolute Gasteiger partial charge is 0.219 e. The van der Waals surface area contributed by atoms with E-state index in [1.54, 1.807) is 30.3 Å². The van der Waals surface area contributed by atoms with Crippen LogP contribution >= 0.6 is 0 Å². The summed E-state index contributed by atoms with van der Waals surface area (Å²) < 4.78 is 24.1. The van der Waals surface area contributed by atoms with Crippen LogP contribution in [0.5, 0.6) is 0 Å². The number of hydrogen-bond acceptors (Lipinski definition) is 2. The summed E-state index contributed by atoms with van der Waals surface area (Å²) in [5, 5.41) is 1.24. The van der Waals surface area contributed by atoms with Gasteiger partial charge in [-0.1, -0.05) is 35.9 Å². The maximum Gasteiger partial charge on any atom is 0.199 e. The molecule has 0 bridgehead atoms. The number of rotatable bonds is 4. The fraction of sp³-hybridized carbons (Fsp3) is 0.200. The van der Waals surface area contributed by atoms with Crippen molar-refractivity contribution < 1.29 is 8.42 Å². The van der Waals surface area contributed by atoms with Crippen LogP contribution in [0.4, 0.5) is 0 Å². The molecule has 18 heavy (non-hydrogen) atoms. The molecule has 1 rings (SSSR count). The van der Waals surface area contributed by atoms with Gasteiger partial charge in [0.15, 0.2) is 9.84 Å². The second-order valence-corrected chi connectivity index (χ2v) is 5.78. The Balaban J connectivity index is 3.02. The van der Waals surface area contributed by atoms with Gasteiger partial charge in [-0.2, -0.15) is 0 Å². The van der Waals surface area contributed by atoms with Crippen molar-refractivity contribution >= 4 is 9.84 Å². The maximum absolute atomic E-state index is 12.0. The molecule has 0 aliphatic rings. The highest BCUT2D eigenvalue weighted by Gasteiger charge is 2.09. The van der Waals surface area contributed by atoms with Crippen LogP contribution in [0.2, 0.25) is 0 Å². The van der Waals surface area contributed by atoms with E-state index in [1.165, 1.54) is 5.41 Å². The molecule has 2 nitrogen and oxygen atoms in total.